The van der Waals surface area contributed by atoms with Gasteiger partial charge in [-0.15, -0.1) is 12.1 Å². The maximum absolute atomic E-state index is 5.71. The van der Waals surface area contributed by atoms with Crippen LogP contribution in [-0.2, 0) is 11.3 Å². The second-order valence-corrected chi connectivity index (χ2v) is 2.10. The number of rotatable bonds is 1. The molecule has 1 aromatic rings. The van der Waals surface area contributed by atoms with E-state index in [1.54, 1.807) is 0 Å². The van der Waals surface area contributed by atoms with Crippen LogP contribution in [0.15, 0.2) is 18.2 Å². The van der Waals surface area contributed by atoms with Gasteiger partial charge in [0.2, 0.25) is 0 Å². The molecule has 0 fully saturated rings. The summed E-state index contributed by atoms with van der Waals surface area (Å²) < 4.78 is 0. The fraction of sp³-hybridized carbons (Fsp3) is 0.300. The first kappa shape index (κ1) is 20.0. The summed E-state index contributed by atoms with van der Waals surface area (Å²) in [7, 11) is 1.29. The van der Waals surface area contributed by atoms with Crippen molar-refractivity contribution in [2.75, 3.05) is 12.8 Å². The van der Waals surface area contributed by atoms with E-state index in [0.717, 1.165) is 17.7 Å². The van der Waals surface area contributed by atoms with Crippen molar-refractivity contribution in [3.05, 3.63) is 42.6 Å². The van der Waals surface area contributed by atoms with Crippen LogP contribution in [-0.4, -0.2) is 7.11 Å². The van der Waals surface area contributed by atoms with Crippen LogP contribution in [0.1, 0.15) is 13.0 Å². The van der Waals surface area contributed by atoms with Crippen LogP contribution >= 0.6 is 0 Å². The summed E-state index contributed by atoms with van der Waals surface area (Å²) in [6, 6.07) is 8.53. The van der Waals surface area contributed by atoms with Crippen molar-refractivity contribution in [1.82, 2.24) is 0 Å². The summed E-state index contributed by atoms with van der Waals surface area (Å²) in [5.74, 6) is 5.71. The smallest absolute Gasteiger partial charge is 0.550 e. The van der Waals surface area contributed by atoms with Crippen molar-refractivity contribution >= 4 is 5.69 Å². The molecule has 3 N–H and O–H groups in total. The Labute approximate surface area is 130 Å². The summed E-state index contributed by atoms with van der Waals surface area (Å²) in [5, 5.41) is 0. The monoisotopic (exact) mass is 220 g/mol. The Morgan fingerprint density at radius 2 is 2.14 bits per heavy atom. The fourth-order valence-electron chi connectivity index (χ4n) is 0.680. The average Bonchev–Trinajstić information content (AvgIpc) is 2.06. The minimum atomic E-state index is 0. The van der Waals surface area contributed by atoms with Crippen molar-refractivity contribution in [2.24, 2.45) is 0 Å². The number of nitrogens with two attached hydrogens (primary N) is 1. The van der Waals surface area contributed by atoms with Crippen molar-refractivity contribution in [1.29, 1.82) is 0 Å². The molecule has 0 amide bonds. The molecule has 0 heterocycles. The van der Waals surface area contributed by atoms with E-state index in [2.05, 4.69) is 17.8 Å². The number of benzene rings is 1. The maximum Gasteiger partial charge on any atom is 1.00 e. The van der Waals surface area contributed by atoms with E-state index in [1.807, 2.05) is 18.2 Å². The van der Waals surface area contributed by atoms with Gasteiger partial charge in [0.1, 0.15) is 0 Å². The summed E-state index contributed by atoms with van der Waals surface area (Å²) in [6.45, 7) is 3.71. The van der Waals surface area contributed by atoms with Crippen molar-refractivity contribution in [2.45, 2.75) is 13.8 Å². The van der Waals surface area contributed by atoms with Gasteiger partial charge in [0.05, 0.1) is 0 Å². The first-order valence-electron chi connectivity index (χ1n) is 3.49. The van der Waals surface area contributed by atoms with Gasteiger partial charge in [0.25, 0.3) is 0 Å². The van der Waals surface area contributed by atoms with E-state index in [4.69, 9.17) is 11.6 Å². The molecule has 0 aliphatic rings. The van der Waals surface area contributed by atoms with Gasteiger partial charge in [0.15, 0.2) is 0 Å². The molecule has 76 valence electrons. The SMILES string of the molecule is C.CO[NH-].[CH2-]Cc1[c-]ccc(N)c1.[K+]. The van der Waals surface area contributed by atoms with E-state index in [0.29, 0.717) is 0 Å². The van der Waals surface area contributed by atoms with E-state index >= 15 is 0 Å². The predicted octanol–water partition coefficient (Wildman–Crippen LogP) is -0.314. The van der Waals surface area contributed by atoms with Crippen molar-refractivity contribution < 1.29 is 56.2 Å². The topological polar surface area (TPSA) is 59.0 Å². The molecule has 0 unspecified atom stereocenters. The Bertz CT molecular complexity index is 219. The van der Waals surface area contributed by atoms with Crippen LogP contribution in [0.25, 0.3) is 5.90 Å². The molecular formula is C10H17KN2O-2. The first-order chi connectivity index (χ1) is 5.74. The molecule has 3 nitrogen and oxygen atoms in total. The van der Waals surface area contributed by atoms with Crippen LogP contribution in [0.2, 0.25) is 0 Å². The van der Waals surface area contributed by atoms with Crippen LogP contribution in [0, 0.1) is 13.0 Å². The summed E-state index contributed by atoms with van der Waals surface area (Å²) in [6.07, 6.45) is 0.755. The Morgan fingerprint density at radius 1 is 1.64 bits per heavy atom. The quantitative estimate of drug-likeness (QED) is 0.305. The van der Waals surface area contributed by atoms with Gasteiger partial charge in [-0.2, -0.15) is 24.1 Å². The largest absolute Gasteiger partial charge is 1.00 e. The molecule has 0 bridgehead atoms. The van der Waals surface area contributed by atoms with Gasteiger partial charge in [-0.05, 0) is 0 Å². The Kier molecular flexibility index (Phi) is 19.4. The molecule has 0 spiro atoms. The third-order valence-electron chi connectivity index (χ3n) is 1.15. The second kappa shape index (κ2) is 13.6. The Balaban J connectivity index is -0.000000218. The molecule has 4 heteroatoms. The van der Waals surface area contributed by atoms with Crippen LogP contribution in [0.4, 0.5) is 5.69 Å². The molecular weight excluding hydrogens is 203 g/mol. The standard InChI is InChI=1S/C8H9N.CH4NO.CH4.K/c1-2-7-4-3-5-8(9)6-7;1-3-2;;/h3,5-6H,1-2,9H2;2H,1H3;1H4;/q-2;-1;;+1. The third kappa shape index (κ3) is 10.7. The van der Waals surface area contributed by atoms with Gasteiger partial charge in [0, 0.05) is 7.11 Å². The molecule has 1 aromatic carbocycles. The third-order valence-corrected chi connectivity index (χ3v) is 1.15. The van der Waals surface area contributed by atoms with Gasteiger partial charge in [-0.3, -0.25) is 0 Å². The van der Waals surface area contributed by atoms with Crippen molar-refractivity contribution in [3.63, 3.8) is 0 Å². The van der Waals surface area contributed by atoms with Crippen LogP contribution in [0.5, 0.6) is 0 Å². The zero-order valence-electron chi connectivity index (χ0n) is 8.13. The normalized spacial score (nSPS) is 7.36. The first-order valence-corrected chi connectivity index (χ1v) is 3.49. The molecule has 14 heavy (non-hydrogen) atoms. The van der Waals surface area contributed by atoms with E-state index in [1.165, 1.54) is 7.11 Å². The summed E-state index contributed by atoms with van der Waals surface area (Å²) in [4.78, 5) is 3.50. The minimum absolute atomic E-state index is 0. The van der Waals surface area contributed by atoms with Crippen LogP contribution < -0.4 is 57.1 Å². The summed E-state index contributed by atoms with van der Waals surface area (Å²) >= 11 is 0. The zero-order valence-corrected chi connectivity index (χ0v) is 11.3. The molecule has 0 aliphatic carbocycles. The average molecular weight is 220 g/mol. The number of hydrogen-bond acceptors (Lipinski definition) is 2. The minimum Gasteiger partial charge on any atom is -0.550 e. The molecule has 1 rings (SSSR count). The second-order valence-electron chi connectivity index (χ2n) is 2.10. The number of hydrogen-bond donors (Lipinski definition) is 1. The molecule has 0 atom stereocenters. The molecule has 0 saturated heterocycles. The van der Waals surface area contributed by atoms with Crippen molar-refractivity contribution in [3.8, 4) is 0 Å². The number of anilines is 1. The zero-order chi connectivity index (χ0) is 9.40. The van der Waals surface area contributed by atoms with E-state index in [-0.39, 0.29) is 58.8 Å². The maximum atomic E-state index is 5.71. The van der Waals surface area contributed by atoms with E-state index in [9.17, 15) is 0 Å². The fourth-order valence-corrected chi connectivity index (χ4v) is 0.680. The Hall–Kier alpha value is 0.576. The van der Waals surface area contributed by atoms with Gasteiger partial charge < -0.3 is 23.4 Å². The molecule has 0 aliphatic heterocycles. The molecule has 0 saturated carbocycles. The van der Waals surface area contributed by atoms with Gasteiger partial charge in [-0.1, -0.05) is 13.1 Å². The summed E-state index contributed by atoms with van der Waals surface area (Å²) in [5.41, 5.74) is 7.34. The Morgan fingerprint density at radius 3 is 2.43 bits per heavy atom. The van der Waals surface area contributed by atoms with Crippen LogP contribution in [0.3, 0.4) is 0 Å². The van der Waals surface area contributed by atoms with Gasteiger partial charge >= 0.3 is 51.4 Å². The number of nitrogen functional groups attached to an aromatic ring is 1. The molecule has 0 aromatic heterocycles. The van der Waals surface area contributed by atoms with E-state index < -0.39 is 0 Å². The number of nitrogens with one attached hydrogen (secondary N) is 1. The predicted molar refractivity (Wildman–Crippen MR) is 56.8 cm³/mol. The molecule has 0 radical (unpaired) electrons. The van der Waals surface area contributed by atoms with Gasteiger partial charge in [-0.25, -0.2) is 0 Å².